The Morgan fingerprint density at radius 2 is 0.853 bits per heavy atom. The summed E-state index contributed by atoms with van der Waals surface area (Å²) in [6.07, 6.45) is 7.81. The first-order valence-electron chi connectivity index (χ1n) is 11.1. The van der Waals surface area contributed by atoms with E-state index in [1.54, 1.807) is 0 Å². The molecule has 0 atom stereocenters. The quantitative estimate of drug-likeness (QED) is 0.273. The van der Waals surface area contributed by atoms with Crippen LogP contribution in [-0.4, -0.2) is 9.97 Å². The Bertz CT molecular complexity index is 1440. The zero-order valence-electron chi connectivity index (χ0n) is 18.3. The van der Waals surface area contributed by atoms with Gasteiger partial charge in [0.05, 0.1) is 0 Å². The average molecular weight is 441 g/mol. The lowest BCUT2D eigenvalue weighted by Gasteiger charge is -2.03. The van der Waals surface area contributed by atoms with Crippen molar-refractivity contribution in [2.24, 2.45) is 0 Å². The minimum absolute atomic E-state index is 0.603. The molecule has 0 aliphatic heterocycles. The van der Waals surface area contributed by atoms with Crippen LogP contribution in [-0.2, 0) is 0 Å². The Morgan fingerprint density at radius 3 is 1.26 bits per heavy atom. The van der Waals surface area contributed by atoms with Gasteiger partial charge in [-0.05, 0) is 58.7 Å². The molecule has 2 aromatic heterocycles. The van der Waals surface area contributed by atoms with Gasteiger partial charge in [-0.2, -0.15) is 0 Å². The monoisotopic (exact) mass is 440 g/mol. The van der Waals surface area contributed by atoms with Gasteiger partial charge in [0.2, 0.25) is 11.8 Å². The zero-order valence-corrected chi connectivity index (χ0v) is 18.3. The summed E-state index contributed by atoms with van der Waals surface area (Å²) in [6.45, 7) is 0. The van der Waals surface area contributed by atoms with Crippen LogP contribution in [0.3, 0.4) is 0 Å². The highest BCUT2D eigenvalue weighted by atomic mass is 16.4. The van der Waals surface area contributed by atoms with Gasteiger partial charge in [0.25, 0.3) is 0 Å². The van der Waals surface area contributed by atoms with E-state index in [9.17, 15) is 0 Å². The molecule has 0 fully saturated rings. The third-order valence-corrected chi connectivity index (χ3v) is 5.61. The van der Waals surface area contributed by atoms with Crippen LogP contribution in [0.5, 0.6) is 0 Å². The van der Waals surface area contributed by atoms with Crippen molar-refractivity contribution in [3.63, 3.8) is 0 Å². The first-order chi connectivity index (χ1) is 16.8. The number of oxazole rings is 2. The van der Waals surface area contributed by atoms with Crippen LogP contribution in [0, 0.1) is 0 Å². The number of fused-ring (bicyclic) bond motifs is 2. The first kappa shape index (κ1) is 19.9. The molecule has 0 radical (unpaired) electrons. The number of nitrogens with zero attached hydrogens (tertiary/aromatic N) is 2. The number of para-hydroxylation sites is 4. The Kier molecular flexibility index (Phi) is 5.09. The fourth-order valence-corrected chi connectivity index (χ4v) is 3.83. The third-order valence-electron chi connectivity index (χ3n) is 5.61. The molecule has 0 unspecified atom stereocenters. The second-order valence-corrected chi connectivity index (χ2v) is 7.95. The molecular weight excluding hydrogens is 420 g/mol. The van der Waals surface area contributed by atoms with Gasteiger partial charge in [-0.3, -0.25) is 0 Å². The van der Waals surface area contributed by atoms with Crippen molar-refractivity contribution in [1.29, 1.82) is 0 Å². The lowest BCUT2D eigenvalue weighted by molar-refractivity contribution is 0.589. The maximum absolute atomic E-state index is 5.74. The van der Waals surface area contributed by atoms with Gasteiger partial charge in [-0.1, -0.05) is 72.8 Å². The molecule has 4 heteroatoms. The van der Waals surface area contributed by atoms with Crippen LogP contribution in [0.25, 0.3) is 57.6 Å². The smallest absolute Gasteiger partial charge is 0.220 e. The Labute approximate surface area is 196 Å². The molecule has 0 saturated heterocycles. The van der Waals surface area contributed by atoms with Crippen LogP contribution in [0.4, 0.5) is 0 Å². The van der Waals surface area contributed by atoms with Crippen molar-refractivity contribution in [3.05, 3.63) is 120 Å². The molecule has 2 heterocycles. The van der Waals surface area contributed by atoms with E-state index in [1.807, 2.05) is 72.8 Å². The number of benzene rings is 4. The number of hydrogen-bond acceptors (Lipinski definition) is 4. The van der Waals surface area contributed by atoms with Crippen LogP contribution >= 0.6 is 0 Å². The predicted molar refractivity (Wildman–Crippen MR) is 138 cm³/mol. The largest absolute Gasteiger partial charge is 0.437 e. The summed E-state index contributed by atoms with van der Waals surface area (Å²) >= 11 is 0. The highest BCUT2D eigenvalue weighted by Crippen LogP contribution is 2.23. The summed E-state index contributed by atoms with van der Waals surface area (Å²) in [5.41, 5.74) is 7.82. The van der Waals surface area contributed by atoms with E-state index in [0.29, 0.717) is 11.8 Å². The van der Waals surface area contributed by atoms with Crippen molar-refractivity contribution in [1.82, 2.24) is 9.97 Å². The number of aromatic nitrogens is 2. The van der Waals surface area contributed by atoms with E-state index < -0.39 is 0 Å². The lowest BCUT2D eigenvalue weighted by atomic mass is 10.0. The van der Waals surface area contributed by atoms with Crippen molar-refractivity contribution >= 4 is 46.5 Å². The van der Waals surface area contributed by atoms with Crippen LogP contribution < -0.4 is 0 Å². The molecule has 4 nitrogen and oxygen atoms in total. The molecule has 4 aromatic carbocycles. The van der Waals surface area contributed by atoms with Gasteiger partial charge in [-0.15, -0.1) is 0 Å². The van der Waals surface area contributed by atoms with Gasteiger partial charge in [0, 0.05) is 12.2 Å². The standard InChI is InChI=1S/C30H20N2O2/c1-3-7-27-25(5-1)31-29(33-27)19-13-21-9-15-23(16-10-21)24-17-11-22(12-18-24)14-20-30-32-26-6-2-4-8-28(26)34-30/h1-20H. The Morgan fingerprint density at radius 1 is 0.441 bits per heavy atom. The third kappa shape index (κ3) is 4.17. The summed E-state index contributed by atoms with van der Waals surface area (Å²) in [6, 6.07) is 32.4. The van der Waals surface area contributed by atoms with Crippen LogP contribution in [0.1, 0.15) is 22.9 Å². The van der Waals surface area contributed by atoms with Crippen molar-refractivity contribution in [3.8, 4) is 11.1 Å². The maximum atomic E-state index is 5.74. The molecular formula is C30H20N2O2. The summed E-state index contributed by atoms with van der Waals surface area (Å²) in [4.78, 5) is 8.96. The van der Waals surface area contributed by atoms with E-state index in [-0.39, 0.29) is 0 Å². The molecule has 0 N–H and O–H groups in total. The molecule has 0 spiro atoms. The molecule has 162 valence electrons. The second-order valence-electron chi connectivity index (χ2n) is 7.95. The Hall–Kier alpha value is -4.70. The first-order valence-corrected chi connectivity index (χ1v) is 11.1. The van der Waals surface area contributed by atoms with Crippen molar-refractivity contribution in [2.75, 3.05) is 0 Å². The summed E-state index contributed by atoms with van der Waals surface area (Å²) in [5, 5.41) is 0. The highest BCUT2D eigenvalue weighted by molar-refractivity contribution is 5.78. The van der Waals surface area contributed by atoms with E-state index >= 15 is 0 Å². The van der Waals surface area contributed by atoms with E-state index in [0.717, 1.165) is 44.5 Å². The second kappa shape index (κ2) is 8.68. The summed E-state index contributed by atoms with van der Waals surface area (Å²) in [5.74, 6) is 1.21. The fraction of sp³-hybridized carbons (Fsp3) is 0. The van der Waals surface area contributed by atoms with Gasteiger partial charge in [0.15, 0.2) is 11.2 Å². The van der Waals surface area contributed by atoms with Crippen molar-refractivity contribution < 1.29 is 8.83 Å². The topological polar surface area (TPSA) is 52.1 Å². The summed E-state index contributed by atoms with van der Waals surface area (Å²) < 4.78 is 11.5. The summed E-state index contributed by atoms with van der Waals surface area (Å²) in [7, 11) is 0. The Balaban J connectivity index is 1.14. The molecule has 6 rings (SSSR count). The molecule has 0 aliphatic carbocycles. The van der Waals surface area contributed by atoms with Crippen LogP contribution in [0.2, 0.25) is 0 Å². The maximum Gasteiger partial charge on any atom is 0.220 e. The highest BCUT2D eigenvalue weighted by Gasteiger charge is 2.03. The fourth-order valence-electron chi connectivity index (χ4n) is 3.83. The SMILES string of the molecule is C(=Cc1nc2ccccc2o1)c1ccc(-c2ccc(C=Cc3nc4ccccc4o3)cc2)cc1. The van der Waals surface area contributed by atoms with Gasteiger partial charge >= 0.3 is 0 Å². The van der Waals surface area contributed by atoms with Crippen LogP contribution in [0.15, 0.2) is 106 Å². The normalized spacial score (nSPS) is 11.9. The molecule has 0 amide bonds. The van der Waals surface area contributed by atoms with Gasteiger partial charge in [0.1, 0.15) is 11.0 Å². The zero-order chi connectivity index (χ0) is 22.7. The molecule has 34 heavy (non-hydrogen) atoms. The predicted octanol–water partition coefficient (Wildman–Crippen LogP) is 7.98. The average Bonchev–Trinajstić information content (AvgIpc) is 3.50. The number of hydrogen-bond donors (Lipinski definition) is 0. The molecule has 0 aliphatic rings. The van der Waals surface area contributed by atoms with E-state index in [4.69, 9.17) is 8.83 Å². The lowest BCUT2D eigenvalue weighted by Crippen LogP contribution is -1.80. The minimum Gasteiger partial charge on any atom is -0.437 e. The molecule has 0 saturated carbocycles. The molecule has 0 bridgehead atoms. The van der Waals surface area contributed by atoms with Crippen molar-refractivity contribution in [2.45, 2.75) is 0 Å². The minimum atomic E-state index is 0.603. The van der Waals surface area contributed by atoms with E-state index in [1.165, 1.54) is 0 Å². The van der Waals surface area contributed by atoms with Gasteiger partial charge < -0.3 is 8.83 Å². The number of rotatable bonds is 5. The van der Waals surface area contributed by atoms with Gasteiger partial charge in [-0.25, -0.2) is 9.97 Å². The molecule has 6 aromatic rings. The van der Waals surface area contributed by atoms with E-state index in [2.05, 4.69) is 58.5 Å².